The monoisotopic (exact) mass is 198 g/mol. The molecule has 0 N–H and O–H groups in total. The lowest BCUT2D eigenvalue weighted by Gasteiger charge is -2.18. The number of hydrogen-bond donors (Lipinski definition) is 0. The van der Waals surface area contributed by atoms with Crippen molar-refractivity contribution in [2.24, 2.45) is 5.92 Å². The van der Waals surface area contributed by atoms with Crippen molar-refractivity contribution in [3.63, 3.8) is 0 Å². The van der Waals surface area contributed by atoms with Gasteiger partial charge in [-0.3, -0.25) is 4.79 Å². The van der Waals surface area contributed by atoms with E-state index in [9.17, 15) is 4.79 Å². The molecule has 0 bridgehead atoms. The Bertz CT molecular complexity index is 202. The molecule has 0 saturated heterocycles. The first-order valence-electron chi connectivity index (χ1n) is 5.24. The Morgan fingerprint density at radius 2 is 1.86 bits per heavy atom. The first-order chi connectivity index (χ1) is 6.43. The van der Waals surface area contributed by atoms with Crippen LogP contribution in [0.1, 0.15) is 47.5 Å². The molecule has 2 atom stereocenters. The van der Waals surface area contributed by atoms with Crippen molar-refractivity contribution in [2.75, 3.05) is 0 Å². The molecule has 0 aromatic heterocycles. The molecule has 0 aliphatic heterocycles. The predicted molar refractivity (Wildman–Crippen MR) is 59.1 cm³/mol. The van der Waals surface area contributed by atoms with Gasteiger partial charge in [-0.05, 0) is 39.5 Å². The molecule has 0 heterocycles. The summed E-state index contributed by atoms with van der Waals surface area (Å²) in [6.07, 6.45) is 4.38. The van der Waals surface area contributed by atoms with Gasteiger partial charge in [-0.25, -0.2) is 0 Å². The lowest BCUT2D eigenvalue weighted by Crippen LogP contribution is -2.20. The van der Waals surface area contributed by atoms with Crippen molar-refractivity contribution in [3.8, 4) is 0 Å². The minimum Gasteiger partial charge on any atom is -0.463 e. The molecule has 0 spiro atoms. The molecular weight excluding hydrogens is 176 g/mol. The van der Waals surface area contributed by atoms with Crippen LogP contribution in [0.5, 0.6) is 0 Å². The molecule has 82 valence electrons. The van der Waals surface area contributed by atoms with Gasteiger partial charge in [0.15, 0.2) is 0 Å². The molecule has 2 unspecified atom stereocenters. The van der Waals surface area contributed by atoms with Gasteiger partial charge in [-0.15, -0.1) is 0 Å². The van der Waals surface area contributed by atoms with Crippen LogP contribution in [0.3, 0.4) is 0 Å². The number of carbonyl (C=O) groups excluding carboxylic acids is 1. The van der Waals surface area contributed by atoms with E-state index in [0.717, 1.165) is 12.8 Å². The van der Waals surface area contributed by atoms with E-state index in [1.807, 2.05) is 6.92 Å². The van der Waals surface area contributed by atoms with Gasteiger partial charge in [0, 0.05) is 6.92 Å². The molecule has 0 aromatic rings. The molecule has 2 heteroatoms. The van der Waals surface area contributed by atoms with Crippen molar-refractivity contribution < 1.29 is 9.53 Å². The average Bonchev–Trinajstić information content (AvgIpc) is 2.01. The number of esters is 1. The molecule has 0 fully saturated rings. The summed E-state index contributed by atoms with van der Waals surface area (Å²) in [4.78, 5) is 10.7. The highest BCUT2D eigenvalue weighted by molar-refractivity contribution is 5.66. The average molecular weight is 198 g/mol. The second-order valence-electron chi connectivity index (χ2n) is 4.15. The van der Waals surface area contributed by atoms with Gasteiger partial charge in [0.25, 0.3) is 0 Å². The third kappa shape index (κ3) is 6.70. The maximum atomic E-state index is 10.7. The van der Waals surface area contributed by atoms with Gasteiger partial charge < -0.3 is 4.74 Å². The van der Waals surface area contributed by atoms with Gasteiger partial charge in [0.05, 0.1) is 0 Å². The van der Waals surface area contributed by atoms with Crippen molar-refractivity contribution in [2.45, 2.75) is 53.6 Å². The lowest BCUT2D eigenvalue weighted by molar-refractivity contribution is -0.147. The first-order valence-corrected chi connectivity index (χ1v) is 5.24. The highest BCUT2D eigenvalue weighted by Gasteiger charge is 2.13. The molecule has 0 aromatic carbocycles. The minimum atomic E-state index is -0.188. The zero-order valence-corrected chi connectivity index (χ0v) is 9.96. The summed E-state index contributed by atoms with van der Waals surface area (Å²) >= 11 is 0. The van der Waals surface area contributed by atoms with E-state index in [1.54, 1.807) is 0 Å². The van der Waals surface area contributed by atoms with E-state index in [1.165, 1.54) is 12.5 Å². The molecule has 0 rings (SSSR count). The van der Waals surface area contributed by atoms with Gasteiger partial charge in [0.1, 0.15) is 6.10 Å². The van der Waals surface area contributed by atoms with E-state index in [2.05, 4.69) is 26.8 Å². The van der Waals surface area contributed by atoms with Crippen LogP contribution >= 0.6 is 0 Å². The van der Waals surface area contributed by atoms with Crippen LogP contribution in [0.2, 0.25) is 0 Å². The quantitative estimate of drug-likeness (QED) is 0.500. The predicted octanol–water partition coefficient (Wildman–Crippen LogP) is 3.32. The number of ether oxygens (including phenoxy) is 1. The van der Waals surface area contributed by atoms with Crippen molar-refractivity contribution in [1.29, 1.82) is 0 Å². The molecule has 0 saturated carbocycles. The number of carbonyl (C=O) groups is 1. The zero-order chi connectivity index (χ0) is 11.1. The van der Waals surface area contributed by atoms with E-state index < -0.39 is 0 Å². The fraction of sp³-hybridized carbons (Fsp3) is 0.750. The van der Waals surface area contributed by atoms with Gasteiger partial charge in [-0.2, -0.15) is 0 Å². The Kier molecular flexibility index (Phi) is 6.26. The van der Waals surface area contributed by atoms with Crippen molar-refractivity contribution in [3.05, 3.63) is 11.6 Å². The molecule has 0 amide bonds. The van der Waals surface area contributed by atoms with Crippen LogP contribution in [0, 0.1) is 5.92 Å². The summed E-state index contributed by atoms with van der Waals surface area (Å²) in [5.74, 6) is 0.237. The van der Waals surface area contributed by atoms with E-state index in [0.29, 0.717) is 5.92 Å². The Morgan fingerprint density at radius 1 is 1.29 bits per heavy atom. The number of hydrogen-bond acceptors (Lipinski definition) is 2. The first kappa shape index (κ1) is 13.2. The van der Waals surface area contributed by atoms with Crippen LogP contribution in [-0.2, 0) is 9.53 Å². The molecular formula is C12H22O2. The molecule has 0 radical (unpaired) electrons. The summed E-state index contributed by atoms with van der Waals surface area (Å²) in [6, 6.07) is 0. The molecule has 2 nitrogen and oxygen atoms in total. The van der Waals surface area contributed by atoms with Gasteiger partial charge in [0.2, 0.25) is 0 Å². The normalized spacial score (nSPS) is 14.4. The summed E-state index contributed by atoms with van der Waals surface area (Å²) in [5.41, 5.74) is 1.34. The summed E-state index contributed by atoms with van der Waals surface area (Å²) in [7, 11) is 0. The van der Waals surface area contributed by atoms with Crippen LogP contribution in [-0.4, -0.2) is 12.1 Å². The van der Waals surface area contributed by atoms with Crippen LogP contribution in [0.15, 0.2) is 11.6 Å². The Balaban J connectivity index is 3.78. The molecule has 14 heavy (non-hydrogen) atoms. The number of rotatable bonds is 5. The fourth-order valence-electron chi connectivity index (χ4n) is 1.25. The van der Waals surface area contributed by atoms with Gasteiger partial charge >= 0.3 is 5.97 Å². The zero-order valence-electron chi connectivity index (χ0n) is 9.96. The lowest BCUT2D eigenvalue weighted by atomic mass is 9.99. The fourth-order valence-corrected chi connectivity index (χ4v) is 1.25. The SMILES string of the molecule is CC(=O)OC(C)C(C)CCC=C(C)C. The van der Waals surface area contributed by atoms with Crippen LogP contribution in [0.25, 0.3) is 0 Å². The van der Waals surface area contributed by atoms with Crippen LogP contribution < -0.4 is 0 Å². The largest absolute Gasteiger partial charge is 0.463 e. The second-order valence-corrected chi connectivity index (χ2v) is 4.15. The maximum absolute atomic E-state index is 10.7. The van der Waals surface area contributed by atoms with E-state index in [4.69, 9.17) is 4.74 Å². The Morgan fingerprint density at radius 3 is 2.29 bits per heavy atom. The standard InChI is InChI=1S/C12H22O2/c1-9(2)7-6-8-10(3)11(4)14-12(5)13/h7,10-11H,6,8H2,1-5H3. The topological polar surface area (TPSA) is 26.3 Å². The third-order valence-electron chi connectivity index (χ3n) is 2.33. The Labute approximate surface area is 87.3 Å². The summed E-state index contributed by atoms with van der Waals surface area (Å²) in [5, 5.41) is 0. The van der Waals surface area contributed by atoms with E-state index >= 15 is 0 Å². The van der Waals surface area contributed by atoms with Crippen LogP contribution in [0.4, 0.5) is 0 Å². The minimum absolute atomic E-state index is 0.0260. The third-order valence-corrected chi connectivity index (χ3v) is 2.33. The molecule has 0 aliphatic carbocycles. The van der Waals surface area contributed by atoms with Crippen molar-refractivity contribution in [1.82, 2.24) is 0 Å². The summed E-state index contributed by atoms with van der Waals surface area (Å²) in [6.45, 7) is 9.72. The van der Waals surface area contributed by atoms with Crippen molar-refractivity contribution >= 4 is 5.97 Å². The molecule has 0 aliphatic rings. The van der Waals surface area contributed by atoms with Gasteiger partial charge in [-0.1, -0.05) is 18.6 Å². The highest BCUT2D eigenvalue weighted by Crippen LogP contribution is 2.14. The highest BCUT2D eigenvalue weighted by atomic mass is 16.5. The summed E-state index contributed by atoms with van der Waals surface area (Å²) < 4.78 is 5.11. The smallest absolute Gasteiger partial charge is 0.302 e. The van der Waals surface area contributed by atoms with E-state index in [-0.39, 0.29) is 12.1 Å². The number of allylic oxidation sites excluding steroid dienone is 2. The second kappa shape index (κ2) is 6.63. The maximum Gasteiger partial charge on any atom is 0.302 e. The Hall–Kier alpha value is -0.790.